The fourth-order valence-corrected chi connectivity index (χ4v) is 3.38. The zero-order valence-electron chi connectivity index (χ0n) is 20.9. The molecule has 0 bridgehead atoms. The van der Waals surface area contributed by atoms with Crippen molar-refractivity contribution in [1.82, 2.24) is 10.6 Å². The normalized spacial score (nSPS) is 11.2. The van der Waals surface area contributed by atoms with Crippen LogP contribution in [0, 0.1) is 5.82 Å². The fourth-order valence-electron chi connectivity index (χ4n) is 3.38. The molecule has 0 unspecified atom stereocenters. The Hall–Kier alpha value is -4.17. The highest BCUT2D eigenvalue weighted by atomic mass is 19.1. The number of benzene rings is 3. The Kier molecular flexibility index (Phi) is 10.2. The summed E-state index contributed by atoms with van der Waals surface area (Å²) in [6.45, 7) is 3.96. The summed E-state index contributed by atoms with van der Waals surface area (Å²) in [4.78, 5) is 25.5. The van der Waals surface area contributed by atoms with Gasteiger partial charge in [-0.05, 0) is 73.5 Å². The van der Waals surface area contributed by atoms with Crippen molar-refractivity contribution in [2.75, 3.05) is 19.8 Å². The third-order valence-corrected chi connectivity index (χ3v) is 5.17. The first-order valence-corrected chi connectivity index (χ1v) is 12.0. The number of rotatable bonds is 12. The first kappa shape index (κ1) is 27.4. The van der Waals surface area contributed by atoms with Gasteiger partial charge in [-0.3, -0.25) is 9.59 Å². The molecule has 2 amide bonds. The van der Waals surface area contributed by atoms with E-state index in [2.05, 4.69) is 10.6 Å². The molecule has 3 N–H and O–H groups in total. The van der Waals surface area contributed by atoms with Gasteiger partial charge in [0.15, 0.2) is 0 Å². The maximum absolute atomic E-state index is 13.7. The van der Waals surface area contributed by atoms with Crippen molar-refractivity contribution in [1.29, 1.82) is 0 Å². The van der Waals surface area contributed by atoms with E-state index in [-0.39, 0.29) is 37.4 Å². The van der Waals surface area contributed by atoms with Gasteiger partial charge in [0.1, 0.15) is 23.0 Å². The van der Waals surface area contributed by atoms with E-state index < -0.39 is 11.8 Å². The average Bonchev–Trinajstić information content (AvgIpc) is 2.89. The lowest BCUT2D eigenvalue weighted by Gasteiger charge is -2.12. The number of aliphatic hydroxyl groups excluding tert-OH is 1. The smallest absolute Gasteiger partial charge is 0.267 e. The number of ether oxygens (including phenoxy) is 2. The van der Waals surface area contributed by atoms with Gasteiger partial charge >= 0.3 is 0 Å². The van der Waals surface area contributed by atoms with Crippen molar-refractivity contribution in [2.24, 2.45) is 0 Å². The van der Waals surface area contributed by atoms with Gasteiger partial charge in [0.25, 0.3) is 11.8 Å². The number of nitrogens with one attached hydrogen (secondary N) is 2. The number of halogens is 1. The van der Waals surface area contributed by atoms with Crippen LogP contribution in [0.5, 0.6) is 11.5 Å². The van der Waals surface area contributed by atoms with Crippen molar-refractivity contribution in [3.05, 3.63) is 101 Å². The van der Waals surface area contributed by atoms with E-state index in [1.165, 1.54) is 6.07 Å². The van der Waals surface area contributed by atoms with Gasteiger partial charge in [-0.1, -0.05) is 30.3 Å². The standard InChI is InChI=1S/C29H31FN2O5/c1-20(2)37-25-11-7-21(8-12-25)19-27(29(35)31-16-17-33)32-28(34)23-9-13-24(14-10-23)36-18-15-22-5-3-4-6-26(22)30/h3-14,19-20,33H,15-18H2,1-2H3,(H,31,35)(H,32,34)/b27-19+. The summed E-state index contributed by atoms with van der Waals surface area (Å²) in [5, 5.41) is 14.2. The van der Waals surface area contributed by atoms with Gasteiger partial charge < -0.3 is 25.2 Å². The Morgan fingerprint density at radius 1 is 0.973 bits per heavy atom. The largest absolute Gasteiger partial charge is 0.493 e. The van der Waals surface area contributed by atoms with Crippen LogP contribution >= 0.6 is 0 Å². The second kappa shape index (κ2) is 13.8. The molecule has 3 aromatic carbocycles. The van der Waals surface area contributed by atoms with Crippen LogP contribution in [0.3, 0.4) is 0 Å². The Morgan fingerprint density at radius 3 is 2.30 bits per heavy atom. The van der Waals surface area contributed by atoms with Crippen molar-refractivity contribution in [3.63, 3.8) is 0 Å². The Balaban J connectivity index is 1.65. The van der Waals surface area contributed by atoms with Crippen LogP contribution in [0.1, 0.15) is 35.3 Å². The molecule has 0 aromatic heterocycles. The first-order valence-electron chi connectivity index (χ1n) is 12.0. The van der Waals surface area contributed by atoms with E-state index in [4.69, 9.17) is 14.6 Å². The predicted octanol–water partition coefficient (Wildman–Crippen LogP) is 4.11. The summed E-state index contributed by atoms with van der Waals surface area (Å²) in [7, 11) is 0. The second-order valence-corrected chi connectivity index (χ2v) is 8.44. The zero-order valence-corrected chi connectivity index (χ0v) is 20.9. The van der Waals surface area contributed by atoms with E-state index >= 15 is 0 Å². The third-order valence-electron chi connectivity index (χ3n) is 5.17. The average molecular weight is 507 g/mol. The van der Waals surface area contributed by atoms with Gasteiger partial charge in [0.05, 0.1) is 19.3 Å². The minimum Gasteiger partial charge on any atom is -0.493 e. The maximum atomic E-state index is 13.7. The third kappa shape index (κ3) is 8.77. The minimum absolute atomic E-state index is 0.0289. The minimum atomic E-state index is -0.530. The molecule has 3 rings (SSSR count). The first-order chi connectivity index (χ1) is 17.9. The Labute approximate surface area is 215 Å². The number of hydrogen-bond acceptors (Lipinski definition) is 5. The van der Waals surface area contributed by atoms with Gasteiger partial charge in [0, 0.05) is 18.5 Å². The zero-order chi connectivity index (χ0) is 26.6. The molecule has 7 nitrogen and oxygen atoms in total. The van der Waals surface area contributed by atoms with Crippen LogP contribution in [-0.2, 0) is 11.2 Å². The van der Waals surface area contributed by atoms with Gasteiger partial charge in [-0.25, -0.2) is 4.39 Å². The topological polar surface area (TPSA) is 96.9 Å². The van der Waals surface area contributed by atoms with Crippen molar-refractivity contribution in [2.45, 2.75) is 26.4 Å². The molecule has 3 aromatic rings. The van der Waals surface area contributed by atoms with E-state index in [9.17, 15) is 14.0 Å². The number of amides is 2. The quantitative estimate of drug-likeness (QED) is 0.321. The SMILES string of the molecule is CC(C)Oc1ccc(/C=C(/NC(=O)c2ccc(OCCc3ccccc3F)cc2)C(=O)NCCO)cc1. The predicted molar refractivity (Wildman–Crippen MR) is 140 cm³/mol. The van der Waals surface area contributed by atoms with Crippen molar-refractivity contribution in [3.8, 4) is 11.5 Å². The lowest BCUT2D eigenvalue weighted by molar-refractivity contribution is -0.117. The molecule has 0 aliphatic rings. The molecule has 0 radical (unpaired) electrons. The van der Waals surface area contributed by atoms with Crippen LogP contribution in [0.2, 0.25) is 0 Å². The van der Waals surface area contributed by atoms with Crippen LogP contribution in [0.4, 0.5) is 4.39 Å². The summed E-state index contributed by atoms with van der Waals surface area (Å²) < 4.78 is 25.0. The second-order valence-electron chi connectivity index (χ2n) is 8.44. The molecule has 0 saturated heterocycles. The van der Waals surface area contributed by atoms with Crippen LogP contribution < -0.4 is 20.1 Å². The van der Waals surface area contributed by atoms with Crippen LogP contribution in [0.15, 0.2) is 78.5 Å². The highest BCUT2D eigenvalue weighted by molar-refractivity contribution is 6.05. The van der Waals surface area contributed by atoms with Gasteiger partial charge in [0.2, 0.25) is 0 Å². The monoisotopic (exact) mass is 506 g/mol. The van der Waals surface area contributed by atoms with Gasteiger partial charge in [-0.15, -0.1) is 0 Å². The van der Waals surface area contributed by atoms with Crippen molar-refractivity contribution >= 4 is 17.9 Å². The molecule has 0 aliphatic heterocycles. The molecular weight excluding hydrogens is 475 g/mol. The lowest BCUT2D eigenvalue weighted by atomic mass is 10.1. The molecule has 0 aliphatic carbocycles. The number of aliphatic hydroxyl groups is 1. The summed E-state index contributed by atoms with van der Waals surface area (Å²) in [6.07, 6.45) is 1.99. The maximum Gasteiger partial charge on any atom is 0.267 e. The molecule has 0 heterocycles. The molecule has 0 atom stereocenters. The molecule has 0 fully saturated rings. The molecule has 8 heteroatoms. The molecular formula is C29H31FN2O5. The summed E-state index contributed by atoms with van der Waals surface area (Å²) in [5.41, 5.74) is 1.60. The van der Waals surface area contributed by atoms with Crippen LogP contribution in [-0.4, -0.2) is 42.8 Å². The molecule has 0 saturated carbocycles. The van der Waals surface area contributed by atoms with E-state index in [1.807, 2.05) is 13.8 Å². The highest BCUT2D eigenvalue weighted by Gasteiger charge is 2.15. The molecule has 194 valence electrons. The summed E-state index contributed by atoms with van der Waals surface area (Å²) in [5.74, 6) is -0.0577. The summed E-state index contributed by atoms with van der Waals surface area (Å²) in [6, 6.07) is 20.1. The number of carbonyl (C=O) groups excluding carboxylic acids is 2. The lowest BCUT2D eigenvalue weighted by Crippen LogP contribution is -2.36. The van der Waals surface area contributed by atoms with Gasteiger partial charge in [-0.2, -0.15) is 0 Å². The number of hydrogen-bond donors (Lipinski definition) is 3. The highest BCUT2D eigenvalue weighted by Crippen LogP contribution is 2.17. The van der Waals surface area contributed by atoms with E-state index in [0.717, 1.165) is 0 Å². The van der Waals surface area contributed by atoms with Crippen LogP contribution in [0.25, 0.3) is 6.08 Å². The van der Waals surface area contributed by atoms with E-state index in [0.29, 0.717) is 34.6 Å². The summed E-state index contributed by atoms with van der Waals surface area (Å²) >= 11 is 0. The Bertz CT molecular complexity index is 1210. The Morgan fingerprint density at radius 2 is 1.65 bits per heavy atom. The van der Waals surface area contributed by atoms with E-state index in [1.54, 1.807) is 72.8 Å². The molecule has 0 spiro atoms. The number of carbonyl (C=O) groups is 2. The van der Waals surface area contributed by atoms with Crippen molar-refractivity contribution < 1.29 is 28.6 Å². The fraction of sp³-hybridized carbons (Fsp3) is 0.241. The molecule has 37 heavy (non-hydrogen) atoms.